The van der Waals surface area contributed by atoms with Crippen molar-refractivity contribution in [3.63, 3.8) is 0 Å². The second-order valence-corrected chi connectivity index (χ2v) is 20.9. The molecule has 0 saturated carbocycles. The average Bonchev–Trinajstić information content (AvgIpc) is 3.19. The van der Waals surface area contributed by atoms with Crippen LogP contribution in [0.2, 0.25) is 0 Å². The summed E-state index contributed by atoms with van der Waals surface area (Å²) in [6.45, 7) is 25.9. The predicted molar refractivity (Wildman–Crippen MR) is 255 cm³/mol. The molecule has 330 valence electrons. The van der Waals surface area contributed by atoms with Gasteiger partial charge in [-0.25, -0.2) is 9.97 Å². The number of aromatic nitrogens is 2. The first kappa shape index (κ1) is 51.8. The first-order valence-corrected chi connectivity index (χ1v) is 22.7. The topological polar surface area (TPSA) is 151 Å². The van der Waals surface area contributed by atoms with Crippen LogP contribution < -0.4 is 24.7 Å². The Morgan fingerprint density at radius 2 is 1.40 bits per heavy atom. The Morgan fingerprint density at radius 1 is 0.850 bits per heavy atom. The van der Waals surface area contributed by atoms with Gasteiger partial charge in [0.05, 0.1) is 33.5 Å². The minimum Gasteiger partial charge on any atom is -0.488 e. The number of fused-ring (bicyclic) bond motifs is 1. The van der Waals surface area contributed by atoms with Gasteiger partial charge >= 0.3 is 0 Å². The lowest BCUT2D eigenvalue weighted by Crippen LogP contribution is -2.33. The molecule has 0 fully saturated rings. The summed E-state index contributed by atoms with van der Waals surface area (Å²) in [5.41, 5.74) is 3.90. The van der Waals surface area contributed by atoms with Crippen LogP contribution in [0, 0.1) is 20.2 Å². The summed E-state index contributed by atoms with van der Waals surface area (Å²) in [6, 6.07) is 20.6. The Balaban J connectivity index is 0.000000302. The van der Waals surface area contributed by atoms with E-state index in [0.717, 1.165) is 13.1 Å². The first-order valence-electron chi connectivity index (χ1n) is 20.6. The molecule has 0 unspecified atom stereocenters. The fourth-order valence-corrected chi connectivity index (χ4v) is 11.6. The number of hydrogen-bond acceptors (Lipinski definition) is 11. The molecule has 60 heavy (non-hydrogen) atoms. The van der Waals surface area contributed by atoms with Crippen molar-refractivity contribution in [2.24, 2.45) is 0 Å². The van der Waals surface area contributed by atoms with Crippen molar-refractivity contribution in [1.82, 2.24) is 9.97 Å². The van der Waals surface area contributed by atoms with Gasteiger partial charge in [-0.1, -0.05) is 125 Å². The van der Waals surface area contributed by atoms with Crippen molar-refractivity contribution in [1.29, 1.82) is 0 Å². The Hall–Kier alpha value is -4.39. The fourth-order valence-electron chi connectivity index (χ4n) is 6.91. The highest BCUT2D eigenvalue weighted by Crippen LogP contribution is 2.59. The molecule has 2 aromatic carbocycles. The van der Waals surface area contributed by atoms with E-state index >= 15 is 0 Å². The maximum Gasteiger partial charge on any atom is 0.291 e. The number of nitro groups is 2. The Morgan fingerprint density at radius 3 is 1.88 bits per heavy atom. The lowest BCUT2D eigenvalue weighted by molar-refractivity contribution is -0.385. The highest BCUT2D eigenvalue weighted by atomic mass is 79.9. The summed E-state index contributed by atoms with van der Waals surface area (Å²) in [7, 11) is 3.91. The molecule has 1 N–H and O–H groups in total. The van der Waals surface area contributed by atoms with Gasteiger partial charge in [0, 0.05) is 51.0 Å². The number of unbranched alkanes of at least 4 members (excludes halogenated alkanes) is 2. The standard InChI is InChI=1S/C22H32NP.C9H12BrN3O3.C9H11N3O3.C5H12/c1-21(2,3)24(22(4,5)6)20-16-12-10-14-18(20)17-13-9-11-15-19(17)23(7)8;1-2-12(3-4-14)9-8(10)5-7(6-11-9)13(15)16;1-2-11-3-4-15-8-5-7(12(13)14)6-10-9(8)11;1-3-5-4-2/h9-16H,1-8H3;5-6,14H,2-4H2,1H3;5-6H,2-4H2,1H3;3-5H2,1-2H3. The highest BCUT2D eigenvalue weighted by Gasteiger charge is 2.37. The van der Waals surface area contributed by atoms with Crippen molar-refractivity contribution >= 4 is 57.9 Å². The molecule has 0 radical (unpaired) electrons. The molecule has 0 amide bonds. The van der Waals surface area contributed by atoms with E-state index in [9.17, 15) is 20.2 Å². The minimum atomic E-state index is -0.496. The number of halogens is 1. The summed E-state index contributed by atoms with van der Waals surface area (Å²) < 4.78 is 5.89. The molecule has 1 aliphatic heterocycles. The minimum absolute atomic E-state index is 0.0128. The van der Waals surface area contributed by atoms with Crippen LogP contribution in [0.5, 0.6) is 5.75 Å². The summed E-state index contributed by atoms with van der Waals surface area (Å²) in [5, 5.41) is 32.0. The van der Waals surface area contributed by atoms with Crippen LogP contribution in [0.15, 0.2) is 77.5 Å². The van der Waals surface area contributed by atoms with E-state index in [2.05, 4.69) is 149 Å². The molecular formula is C45H67BrN7O6P. The van der Waals surface area contributed by atoms with E-state index in [0.29, 0.717) is 41.6 Å². The highest BCUT2D eigenvalue weighted by molar-refractivity contribution is 9.10. The van der Waals surface area contributed by atoms with Crippen LogP contribution >= 0.6 is 23.9 Å². The van der Waals surface area contributed by atoms with E-state index in [1.165, 1.54) is 65.9 Å². The monoisotopic (exact) mass is 911 g/mol. The molecular weight excluding hydrogens is 845 g/mol. The van der Waals surface area contributed by atoms with Crippen molar-refractivity contribution in [2.45, 2.75) is 98.8 Å². The van der Waals surface area contributed by atoms with E-state index in [1.54, 1.807) is 0 Å². The van der Waals surface area contributed by atoms with Crippen LogP contribution in [0.3, 0.4) is 0 Å². The van der Waals surface area contributed by atoms with E-state index in [4.69, 9.17) is 9.84 Å². The zero-order valence-electron chi connectivity index (χ0n) is 37.7. The summed E-state index contributed by atoms with van der Waals surface area (Å²) in [6.07, 6.45) is 6.54. The number of benzene rings is 2. The van der Waals surface area contributed by atoms with Crippen LogP contribution in [-0.2, 0) is 0 Å². The fraction of sp³-hybridized carbons (Fsp3) is 0.511. The summed E-state index contributed by atoms with van der Waals surface area (Å²) in [5.74, 6) is 1.79. The Bertz CT molecular complexity index is 1940. The van der Waals surface area contributed by atoms with Gasteiger partial charge in [-0.3, -0.25) is 20.2 Å². The molecule has 13 nitrogen and oxygen atoms in total. The predicted octanol–water partition coefficient (Wildman–Crippen LogP) is 11.1. The number of likely N-dealkylation sites (N-methyl/N-ethyl adjacent to an activating group) is 2. The number of aliphatic hydroxyl groups excluding tert-OH is 1. The molecule has 0 spiro atoms. The molecule has 3 heterocycles. The van der Waals surface area contributed by atoms with E-state index < -0.39 is 9.85 Å². The van der Waals surface area contributed by atoms with Crippen LogP contribution in [-0.4, -0.2) is 88.7 Å². The third-order valence-electron chi connectivity index (χ3n) is 9.27. The van der Waals surface area contributed by atoms with Crippen molar-refractivity contribution in [3.8, 4) is 16.9 Å². The van der Waals surface area contributed by atoms with Gasteiger partial charge in [-0.05, 0) is 57.0 Å². The molecule has 0 aliphatic carbocycles. The van der Waals surface area contributed by atoms with E-state index in [1.807, 2.05) is 23.6 Å². The molecule has 15 heteroatoms. The Kier molecular flexibility index (Phi) is 21.4. The van der Waals surface area contributed by atoms with Crippen molar-refractivity contribution < 1.29 is 19.7 Å². The van der Waals surface area contributed by atoms with Gasteiger partial charge in [0.15, 0.2) is 11.6 Å². The van der Waals surface area contributed by atoms with Crippen LogP contribution in [0.4, 0.5) is 28.7 Å². The number of pyridine rings is 2. The lowest BCUT2D eigenvalue weighted by Gasteiger charge is -2.43. The zero-order valence-corrected chi connectivity index (χ0v) is 40.2. The second kappa shape index (κ2) is 24.8. The number of rotatable bonds is 12. The van der Waals surface area contributed by atoms with E-state index in [-0.39, 0.29) is 36.2 Å². The lowest BCUT2D eigenvalue weighted by atomic mass is 10.0. The molecule has 0 bridgehead atoms. The molecule has 5 rings (SSSR count). The Labute approximate surface area is 367 Å². The van der Waals surface area contributed by atoms with Gasteiger partial charge in [0.1, 0.15) is 24.8 Å². The van der Waals surface area contributed by atoms with Crippen molar-refractivity contribution in [3.05, 3.63) is 97.8 Å². The number of aliphatic hydroxyl groups is 1. The van der Waals surface area contributed by atoms with Gasteiger partial charge < -0.3 is 24.5 Å². The van der Waals surface area contributed by atoms with Gasteiger partial charge in [-0.15, -0.1) is 0 Å². The number of anilines is 3. The molecule has 0 atom stereocenters. The van der Waals surface area contributed by atoms with Crippen LogP contribution in [0.1, 0.15) is 88.5 Å². The molecule has 2 aromatic heterocycles. The third kappa shape index (κ3) is 15.3. The number of nitrogens with zero attached hydrogens (tertiary/aromatic N) is 7. The maximum atomic E-state index is 10.5. The van der Waals surface area contributed by atoms with Gasteiger partial charge in [-0.2, -0.15) is 0 Å². The first-order chi connectivity index (χ1) is 28.3. The third-order valence-corrected chi connectivity index (χ3v) is 13.4. The molecule has 4 aromatic rings. The quantitative estimate of drug-likeness (QED) is 0.0821. The zero-order chi connectivity index (χ0) is 45.2. The smallest absolute Gasteiger partial charge is 0.291 e. The number of ether oxygens (including phenoxy) is 1. The van der Waals surface area contributed by atoms with Gasteiger partial charge in [0.25, 0.3) is 11.4 Å². The van der Waals surface area contributed by atoms with Gasteiger partial charge in [0.2, 0.25) is 0 Å². The second-order valence-electron chi connectivity index (χ2n) is 16.2. The molecule has 0 saturated heterocycles. The summed E-state index contributed by atoms with van der Waals surface area (Å²) >= 11 is 3.24. The van der Waals surface area contributed by atoms with Crippen LogP contribution in [0.25, 0.3) is 11.1 Å². The normalized spacial score (nSPS) is 12.0. The van der Waals surface area contributed by atoms with Crippen molar-refractivity contribution in [2.75, 3.05) is 68.2 Å². The largest absolute Gasteiger partial charge is 0.488 e. The summed E-state index contributed by atoms with van der Waals surface area (Å²) in [4.78, 5) is 34.2. The SMILES string of the molecule is CCCCC.CCN(CCO)c1ncc([N+](=O)[O-])cc1Br.CCN1CCOc2cc([N+](=O)[O-])cnc21.CN(C)c1ccccc1-c1ccccc1P(C(C)(C)C)C(C)(C)C. The average molecular weight is 913 g/mol. The number of hydrogen-bond donors (Lipinski definition) is 1. The number of para-hydroxylation sites is 1. The maximum absolute atomic E-state index is 10.5. The molecule has 1 aliphatic rings.